The van der Waals surface area contributed by atoms with Crippen molar-refractivity contribution in [1.29, 1.82) is 0 Å². The summed E-state index contributed by atoms with van der Waals surface area (Å²) in [7, 11) is -0.375. The number of hydrogen-bond acceptors (Lipinski definition) is 8. The number of esters is 1. The van der Waals surface area contributed by atoms with E-state index in [0.29, 0.717) is 25.1 Å². The van der Waals surface area contributed by atoms with E-state index in [-0.39, 0.29) is 30.6 Å². The Kier molecular flexibility index (Phi) is 7.30. The average Bonchev–Trinajstić information content (AvgIpc) is 3.14. The zero-order valence-electron chi connectivity index (χ0n) is 17.8. The molecule has 2 aliphatic carbocycles. The number of nitrogens with zero attached hydrogens (tertiary/aromatic N) is 2. The fraction of sp³-hybridized carbons (Fsp3) is 0.750. The lowest BCUT2D eigenvalue weighted by Crippen LogP contribution is -2.39. The highest BCUT2D eigenvalue weighted by molar-refractivity contribution is 7.88. The highest BCUT2D eigenvalue weighted by atomic mass is 32.2. The molecule has 1 aromatic rings. The van der Waals surface area contributed by atoms with Crippen LogP contribution in [0, 0.1) is 5.41 Å². The molecule has 30 heavy (non-hydrogen) atoms. The smallest absolute Gasteiger partial charge is 0.314 e. The zero-order valence-corrected chi connectivity index (χ0v) is 18.6. The summed E-state index contributed by atoms with van der Waals surface area (Å²) in [6.07, 6.45) is 7.93. The van der Waals surface area contributed by atoms with Crippen LogP contribution in [0.25, 0.3) is 0 Å². The Balaban J connectivity index is 1.55. The molecule has 0 bridgehead atoms. The minimum atomic E-state index is -3.33. The number of sulfonamides is 1. The number of ether oxygens (including phenoxy) is 3. The van der Waals surface area contributed by atoms with Crippen LogP contribution in [0.5, 0.6) is 5.88 Å². The van der Waals surface area contributed by atoms with E-state index in [1.807, 2.05) is 0 Å². The van der Waals surface area contributed by atoms with Gasteiger partial charge in [-0.05, 0) is 44.9 Å². The van der Waals surface area contributed by atoms with Crippen molar-refractivity contribution in [2.45, 2.75) is 63.0 Å². The molecule has 0 spiro atoms. The van der Waals surface area contributed by atoms with E-state index in [1.54, 1.807) is 19.4 Å². The molecule has 2 saturated carbocycles. The summed E-state index contributed by atoms with van der Waals surface area (Å²) in [6.45, 7) is 0.243. The molecule has 2 atom stereocenters. The first kappa shape index (κ1) is 22.9. The number of aromatic nitrogens is 2. The van der Waals surface area contributed by atoms with Gasteiger partial charge in [-0.15, -0.1) is 0 Å². The van der Waals surface area contributed by atoms with Crippen LogP contribution in [-0.4, -0.2) is 63.6 Å². The normalized spacial score (nSPS) is 29.5. The predicted molar refractivity (Wildman–Crippen MR) is 110 cm³/mol. The maximum absolute atomic E-state index is 12.5. The van der Waals surface area contributed by atoms with Gasteiger partial charge in [0.2, 0.25) is 15.9 Å². The van der Waals surface area contributed by atoms with Crippen molar-refractivity contribution in [3.8, 4) is 5.88 Å². The Morgan fingerprint density at radius 3 is 2.60 bits per heavy atom. The number of nitrogens with one attached hydrogen (secondary N) is 1. The molecule has 2 aliphatic rings. The SMILES string of the molecule is COC(=O)[C@@]1(COC2CCC(c3nccc(OC)n3)CC2)CC[C@H](NS(C)(=O)=O)C1. The standard InChI is InChI=1S/C20H31N3O6S/c1-27-17-9-11-21-18(22-17)14-4-6-16(7-5-14)29-13-20(19(24)28-2)10-8-15(12-20)23-30(3,25)26/h9,11,14-16,23H,4-8,10,12-13H2,1-3H3/t14?,15-,16?,20-/m0/s1. The largest absolute Gasteiger partial charge is 0.481 e. The summed E-state index contributed by atoms with van der Waals surface area (Å²) in [5.74, 6) is 1.30. The summed E-state index contributed by atoms with van der Waals surface area (Å²) in [6, 6.07) is 1.46. The van der Waals surface area contributed by atoms with Gasteiger partial charge >= 0.3 is 5.97 Å². The molecular weight excluding hydrogens is 410 g/mol. The van der Waals surface area contributed by atoms with Crippen molar-refractivity contribution >= 4 is 16.0 Å². The Morgan fingerprint density at radius 1 is 1.23 bits per heavy atom. The first-order valence-corrected chi connectivity index (χ1v) is 12.2. The number of methoxy groups -OCH3 is 2. The van der Waals surface area contributed by atoms with Gasteiger partial charge in [0.1, 0.15) is 5.82 Å². The molecule has 0 unspecified atom stereocenters. The van der Waals surface area contributed by atoms with Crippen LogP contribution in [0.3, 0.4) is 0 Å². The molecule has 0 aliphatic heterocycles. The van der Waals surface area contributed by atoms with Crippen LogP contribution in [0.4, 0.5) is 0 Å². The number of hydrogen-bond donors (Lipinski definition) is 1. The van der Waals surface area contributed by atoms with Gasteiger partial charge in [-0.2, -0.15) is 4.98 Å². The zero-order chi connectivity index (χ0) is 21.8. The molecule has 168 valence electrons. The van der Waals surface area contributed by atoms with E-state index < -0.39 is 15.4 Å². The van der Waals surface area contributed by atoms with E-state index in [2.05, 4.69) is 14.7 Å². The Morgan fingerprint density at radius 2 is 1.97 bits per heavy atom. The van der Waals surface area contributed by atoms with E-state index >= 15 is 0 Å². The molecule has 1 N–H and O–H groups in total. The van der Waals surface area contributed by atoms with Crippen LogP contribution < -0.4 is 9.46 Å². The second kappa shape index (κ2) is 9.57. The van der Waals surface area contributed by atoms with Crippen LogP contribution in [0.2, 0.25) is 0 Å². The summed E-state index contributed by atoms with van der Waals surface area (Å²) in [5, 5.41) is 0. The number of carbonyl (C=O) groups excluding carboxylic acids is 1. The van der Waals surface area contributed by atoms with Crippen molar-refractivity contribution < 1.29 is 27.4 Å². The van der Waals surface area contributed by atoms with E-state index in [4.69, 9.17) is 14.2 Å². The Labute approximate surface area is 178 Å². The minimum Gasteiger partial charge on any atom is -0.481 e. The molecule has 1 heterocycles. The molecule has 2 fully saturated rings. The molecule has 0 amide bonds. The van der Waals surface area contributed by atoms with Crippen molar-refractivity contribution in [1.82, 2.24) is 14.7 Å². The lowest BCUT2D eigenvalue weighted by atomic mass is 9.85. The highest BCUT2D eigenvalue weighted by Gasteiger charge is 2.47. The maximum Gasteiger partial charge on any atom is 0.314 e. The van der Waals surface area contributed by atoms with Crippen molar-refractivity contribution in [3.05, 3.63) is 18.1 Å². The first-order chi connectivity index (χ1) is 14.2. The monoisotopic (exact) mass is 441 g/mol. The number of carbonyl (C=O) groups is 1. The summed E-state index contributed by atoms with van der Waals surface area (Å²) in [4.78, 5) is 21.3. The van der Waals surface area contributed by atoms with Gasteiger partial charge in [0.15, 0.2) is 0 Å². The van der Waals surface area contributed by atoms with Gasteiger partial charge in [0, 0.05) is 24.2 Å². The number of rotatable bonds is 8. The summed E-state index contributed by atoms with van der Waals surface area (Å²) in [5.41, 5.74) is -0.802. The van der Waals surface area contributed by atoms with E-state index in [9.17, 15) is 13.2 Å². The first-order valence-electron chi connectivity index (χ1n) is 10.3. The second-order valence-corrected chi connectivity index (χ2v) is 10.1. The Bertz CT molecular complexity index is 841. The van der Waals surface area contributed by atoms with Crippen molar-refractivity contribution in [2.24, 2.45) is 5.41 Å². The average molecular weight is 442 g/mol. The van der Waals surface area contributed by atoms with Gasteiger partial charge in [-0.25, -0.2) is 18.1 Å². The molecule has 0 aromatic carbocycles. The van der Waals surface area contributed by atoms with Gasteiger partial charge < -0.3 is 14.2 Å². The van der Waals surface area contributed by atoms with Crippen LogP contribution in [-0.2, 0) is 24.3 Å². The maximum atomic E-state index is 12.5. The Hall–Kier alpha value is -1.78. The molecule has 9 nitrogen and oxygen atoms in total. The van der Waals surface area contributed by atoms with E-state index in [1.165, 1.54) is 7.11 Å². The molecule has 3 rings (SSSR count). The van der Waals surface area contributed by atoms with Crippen molar-refractivity contribution in [3.63, 3.8) is 0 Å². The second-order valence-electron chi connectivity index (χ2n) is 8.34. The highest BCUT2D eigenvalue weighted by Crippen LogP contribution is 2.41. The topological polar surface area (TPSA) is 117 Å². The third kappa shape index (κ3) is 5.67. The fourth-order valence-electron chi connectivity index (χ4n) is 4.55. The predicted octanol–water partition coefficient (Wildman–Crippen LogP) is 1.79. The molecule has 1 aromatic heterocycles. The lowest BCUT2D eigenvalue weighted by Gasteiger charge is -2.32. The van der Waals surface area contributed by atoms with Crippen LogP contribution in [0.15, 0.2) is 12.3 Å². The van der Waals surface area contributed by atoms with E-state index in [0.717, 1.165) is 37.8 Å². The third-order valence-electron chi connectivity index (χ3n) is 6.10. The molecule has 0 radical (unpaired) electrons. The van der Waals surface area contributed by atoms with Gasteiger partial charge in [0.05, 0.1) is 38.6 Å². The van der Waals surface area contributed by atoms with Gasteiger partial charge in [-0.1, -0.05) is 0 Å². The van der Waals surface area contributed by atoms with Crippen LogP contribution >= 0.6 is 0 Å². The van der Waals surface area contributed by atoms with Gasteiger partial charge in [-0.3, -0.25) is 4.79 Å². The molecular formula is C20H31N3O6S. The quantitative estimate of drug-likeness (QED) is 0.607. The fourth-order valence-corrected chi connectivity index (χ4v) is 5.36. The van der Waals surface area contributed by atoms with Gasteiger partial charge in [0.25, 0.3) is 0 Å². The third-order valence-corrected chi connectivity index (χ3v) is 6.86. The lowest BCUT2D eigenvalue weighted by molar-refractivity contribution is -0.158. The van der Waals surface area contributed by atoms with Crippen molar-refractivity contribution in [2.75, 3.05) is 27.1 Å². The van der Waals surface area contributed by atoms with Crippen LogP contribution in [0.1, 0.15) is 56.7 Å². The molecule has 10 heteroatoms. The minimum absolute atomic E-state index is 0.0512. The summed E-state index contributed by atoms with van der Waals surface area (Å²) >= 11 is 0. The summed E-state index contributed by atoms with van der Waals surface area (Å²) < 4.78 is 42.1. The molecule has 0 saturated heterocycles.